The second-order valence-corrected chi connectivity index (χ2v) is 8.19. The fraction of sp³-hybridized carbons (Fsp3) is 0.522. The van der Waals surface area contributed by atoms with Gasteiger partial charge in [0.25, 0.3) is 5.91 Å². The number of benzene rings is 1. The molecule has 1 aliphatic carbocycles. The van der Waals surface area contributed by atoms with Crippen molar-refractivity contribution in [1.29, 1.82) is 0 Å². The van der Waals surface area contributed by atoms with Gasteiger partial charge in [-0.05, 0) is 57.6 Å². The van der Waals surface area contributed by atoms with Gasteiger partial charge in [-0.25, -0.2) is 0 Å². The van der Waals surface area contributed by atoms with Crippen LogP contribution in [0, 0.1) is 5.92 Å². The van der Waals surface area contributed by atoms with Crippen LogP contribution in [0.5, 0.6) is 0 Å². The monoisotopic (exact) mass is 397 g/mol. The van der Waals surface area contributed by atoms with Crippen LogP contribution in [0.2, 0.25) is 0 Å². The van der Waals surface area contributed by atoms with E-state index in [1.165, 1.54) is 7.11 Å². The summed E-state index contributed by atoms with van der Waals surface area (Å²) in [5, 5.41) is 6.84. The molecule has 0 unspecified atom stereocenters. The summed E-state index contributed by atoms with van der Waals surface area (Å²) in [5.74, 6) is 0.716. The quantitative estimate of drug-likeness (QED) is 0.750. The minimum atomic E-state index is -0.0633. The molecular weight excluding hydrogens is 366 g/mol. The average Bonchev–Trinajstić information content (AvgIpc) is 2.71. The van der Waals surface area contributed by atoms with E-state index in [0.717, 1.165) is 42.3 Å². The number of nitrogens with zero attached hydrogens (tertiary/aromatic N) is 1. The second kappa shape index (κ2) is 9.83. The average molecular weight is 398 g/mol. The highest BCUT2D eigenvalue weighted by Crippen LogP contribution is 2.36. The number of rotatable bonds is 7. The Morgan fingerprint density at radius 2 is 1.90 bits per heavy atom. The van der Waals surface area contributed by atoms with Gasteiger partial charge in [-0.15, -0.1) is 0 Å². The van der Waals surface area contributed by atoms with Gasteiger partial charge in [-0.3, -0.25) is 14.6 Å². The third-order valence-electron chi connectivity index (χ3n) is 5.53. The Hall–Kier alpha value is -2.47. The van der Waals surface area contributed by atoms with Crippen molar-refractivity contribution in [3.05, 3.63) is 41.6 Å². The van der Waals surface area contributed by atoms with Gasteiger partial charge in [0.15, 0.2) is 0 Å². The number of fused-ring (bicyclic) bond motifs is 1. The maximum atomic E-state index is 12.8. The zero-order valence-corrected chi connectivity index (χ0v) is 17.5. The van der Waals surface area contributed by atoms with Crippen LogP contribution >= 0.6 is 0 Å². The SMILES string of the molecule is COCC(=O)NCC1CCC(c2cc(C(=O)NC(C)C)c3ccccc3n2)CC1. The van der Waals surface area contributed by atoms with Crippen molar-refractivity contribution in [3.63, 3.8) is 0 Å². The van der Waals surface area contributed by atoms with E-state index in [4.69, 9.17) is 9.72 Å². The standard InChI is InChI=1S/C23H31N3O3/c1-15(2)25-23(28)19-12-21(26-20-7-5-4-6-18(19)20)17-10-8-16(9-11-17)13-24-22(27)14-29-3/h4-7,12,15-17H,8-11,13-14H2,1-3H3,(H,24,27)(H,25,28). The molecule has 1 aliphatic rings. The zero-order chi connectivity index (χ0) is 20.8. The van der Waals surface area contributed by atoms with Crippen LogP contribution in [-0.4, -0.2) is 43.1 Å². The van der Waals surface area contributed by atoms with Gasteiger partial charge in [-0.1, -0.05) is 18.2 Å². The number of nitrogens with one attached hydrogen (secondary N) is 2. The normalized spacial score (nSPS) is 19.3. The number of aromatic nitrogens is 1. The van der Waals surface area contributed by atoms with E-state index < -0.39 is 0 Å². The molecule has 0 spiro atoms. The summed E-state index contributed by atoms with van der Waals surface area (Å²) in [6.45, 7) is 4.74. The van der Waals surface area contributed by atoms with Gasteiger partial charge in [0.2, 0.25) is 5.91 Å². The predicted octanol–water partition coefficient (Wildman–Crippen LogP) is 3.41. The lowest BCUT2D eigenvalue weighted by molar-refractivity contribution is -0.124. The van der Waals surface area contributed by atoms with E-state index in [1.807, 2.05) is 44.2 Å². The molecular formula is C23H31N3O3. The summed E-state index contributed by atoms with van der Waals surface area (Å²) in [4.78, 5) is 29.2. The molecule has 0 aliphatic heterocycles. The molecule has 6 nitrogen and oxygen atoms in total. The van der Waals surface area contributed by atoms with Gasteiger partial charge in [0, 0.05) is 36.7 Å². The van der Waals surface area contributed by atoms with E-state index >= 15 is 0 Å². The van der Waals surface area contributed by atoms with Crippen molar-refractivity contribution in [2.45, 2.75) is 51.5 Å². The molecule has 2 N–H and O–H groups in total. The molecule has 1 heterocycles. The smallest absolute Gasteiger partial charge is 0.252 e. The lowest BCUT2D eigenvalue weighted by Crippen LogP contribution is -2.33. The van der Waals surface area contributed by atoms with Crippen LogP contribution < -0.4 is 10.6 Å². The Morgan fingerprint density at radius 3 is 2.59 bits per heavy atom. The third kappa shape index (κ3) is 5.54. The molecule has 2 aromatic rings. The van der Waals surface area contributed by atoms with Crippen molar-refractivity contribution in [3.8, 4) is 0 Å². The first-order valence-electron chi connectivity index (χ1n) is 10.4. The molecule has 1 fully saturated rings. The lowest BCUT2D eigenvalue weighted by Gasteiger charge is -2.28. The van der Waals surface area contributed by atoms with Crippen molar-refractivity contribution in [2.24, 2.45) is 5.92 Å². The fourth-order valence-corrected chi connectivity index (χ4v) is 4.04. The second-order valence-electron chi connectivity index (χ2n) is 8.19. The fourth-order valence-electron chi connectivity index (χ4n) is 4.04. The number of amides is 2. The van der Waals surface area contributed by atoms with Crippen molar-refractivity contribution in [2.75, 3.05) is 20.3 Å². The summed E-state index contributed by atoms with van der Waals surface area (Å²) in [7, 11) is 1.52. The first-order valence-corrected chi connectivity index (χ1v) is 10.4. The maximum Gasteiger partial charge on any atom is 0.252 e. The molecule has 0 radical (unpaired) electrons. The molecule has 1 aromatic carbocycles. The summed E-state index contributed by atoms with van der Waals surface area (Å²) in [6, 6.07) is 9.90. The molecule has 1 saturated carbocycles. The Morgan fingerprint density at radius 1 is 1.17 bits per heavy atom. The predicted molar refractivity (Wildman–Crippen MR) is 114 cm³/mol. The first-order chi connectivity index (χ1) is 14.0. The van der Waals surface area contributed by atoms with Crippen LogP contribution in [0.4, 0.5) is 0 Å². The minimum absolute atomic E-state index is 0.0469. The van der Waals surface area contributed by atoms with Crippen LogP contribution in [0.3, 0.4) is 0 Å². The van der Waals surface area contributed by atoms with Crippen molar-refractivity contribution in [1.82, 2.24) is 15.6 Å². The number of pyridine rings is 1. The number of hydrogen-bond donors (Lipinski definition) is 2. The van der Waals surface area contributed by atoms with E-state index in [2.05, 4.69) is 10.6 Å². The van der Waals surface area contributed by atoms with E-state index in [-0.39, 0.29) is 24.5 Å². The number of carbonyl (C=O) groups is 2. The topological polar surface area (TPSA) is 80.3 Å². The Kier molecular flexibility index (Phi) is 7.20. The molecule has 6 heteroatoms. The zero-order valence-electron chi connectivity index (χ0n) is 17.5. The molecule has 29 heavy (non-hydrogen) atoms. The van der Waals surface area contributed by atoms with Crippen LogP contribution in [0.1, 0.15) is 61.5 Å². The number of ether oxygens (including phenoxy) is 1. The molecule has 3 rings (SSSR count). The van der Waals surface area contributed by atoms with Gasteiger partial charge < -0.3 is 15.4 Å². The Bertz CT molecular complexity index is 858. The highest BCUT2D eigenvalue weighted by Gasteiger charge is 2.25. The highest BCUT2D eigenvalue weighted by atomic mass is 16.5. The third-order valence-corrected chi connectivity index (χ3v) is 5.53. The number of methoxy groups -OCH3 is 1. The van der Waals surface area contributed by atoms with E-state index in [1.54, 1.807) is 0 Å². The maximum absolute atomic E-state index is 12.8. The molecule has 2 amide bonds. The Balaban J connectivity index is 1.72. The van der Waals surface area contributed by atoms with Gasteiger partial charge >= 0.3 is 0 Å². The summed E-state index contributed by atoms with van der Waals surface area (Å²) in [5.41, 5.74) is 2.57. The lowest BCUT2D eigenvalue weighted by atomic mass is 9.80. The first kappa shape index (κ1) is 21.2. The largest absolute Gasteiger partial charge is 0.375 e. The van der Waals surface area contributed by atoms with Gasteiger partial charge in [-0.2, -0.15) is 0 Å². The summed E-state index contributed by atoms with van der Waals surface area (Å²) < 4.78 is 4.85. The van der Waals surface area contributed by atoms with Gasteiger partial charge in [0.05, 0.1) is 11.1 Å². The Labute approximate surface area is 172 Å². The van der Waals surface area contributed by atoms with Crippen LogP contribution in [0.15, 0.2) is 30.3 Å². The van der Waals surface area contributed by atoms with Crippen LogP contribution in [-0.2, 0) is 9.53 Å². The molecule has 156 valence electrons. The van der Waals surface area contributed by atoms with Crippen molar-refractivity contribution >= 4 is 22.7 Å². The number of carbonyl (C=O) groups excluding carboxylic acids is 2. The molecule has 0 saturated heterocycles. The van der Waals surface area contributed by atoms with Crippen molar-refractivity contribution < 1.29 is 14.3 Å². The van der Waals surface area contributed by atoms with E-state index in [9.17, 15) is 9.59 Å². The van der Waals surface area contributed by atoms with Crippen LogP contribution in [0.25, 0.3) is 10.9 Å². The molecule has 0 atom stereocenters. The highest BCUT2D eigenvalue weighted by molar-refractivity contribution is 6.06. The summed E-state index contributed by atoms with van der Waals surface area (Å²) >= 11 is 0. The summed E-state index contributed by atoms with van der Waals surface area (Å²) in [6.07, 6.45) is 4.11. The van der Waals surface area contributed by atoms with E-state index in [0.29, 0.717) is 23.9 Å². The van der Waals surface area contributed by atoms with Gasteiger partial charge in [0.1, 0.15) is 6.61 Å². The number of hydrogen-bond acceptors (Lipinski definition) is 4. The number of para-hydroxylation sites is 1. The molecule has 0 bridgehead atoms. The molecule has 1 aromatic heterocycles. The minimum Gasteiger partial charge on any atom is -0.375 e.